The maximum absolute atomic E-state index is 11.5. The summed E-state index contributed by atoms with van der Waals surface area (Å²) < 4.78 is 0. The number of hydrogen-bond acceptors (Lipinski definition) is 6. The molecular formula is C19H19N5O. The second kappa shape index (κ2) is 7.09. The summed E-state index contributed by atoms with van der Waals surface area (Å²) in [5, 5.41) is 14.3. The molecule has 0 bridgehead atoms. The third kappa shape index (κ3) is 4.38. The topological polar surface area (TPSA) is 79.8 Å². The molecule has 1 heterocycles. The normalized spacial score (nSPS) is 10.4. The highest BCUT2D eigenvalue weighted by molar-refractivity contribution is 5.95. The molecule has 0 saturated heterocycles. The first kappa shape index (κ1) is 16.6. The Balaban J connectivity index is 1.79. The number of carbonyl (C=O) groups is 1. The number of rotatable bonds is 5. The highest BCUT2D eigenvalue weighted by Crippen LogP contribution is 2.19. The zero-order chi connectivity index (χ0) is 17.8. The van der Waals surface area contributed by atoms with E-state index >= 15 is 0 Å². The fraction of sp³-hybridized carbons (Fsp3) is 0.158. The van der Waals surface area contributed by atoms with Gasteiger partial charge in [-0.2, -0.15) is 10.1 Å². The molecule has 0 aliphatic rings. The van der Waals surface area contributed by atoms with Crippen LogP contribution in [0.2, 0.25) is 0 Å². The third-order valence-electron chi connectivity index (χ3n) is 3.58. The summed E-state index contributed by atoms with van der Waals surface area (Å²) in [6.07, 6.45) is 1.56. The Kier molecular flexibility index (Phi) is 4.70. The Labute approximate surface area is 146 Å². The molecule has 0 fully saturated rings. The largest absolute Gasteiger partial charge is 0.339 e. The van der Waals surface area contributed by atoms with Crippen LogP contribution >= 0.6 is 0 Å². The summed E-state index contributed by atoms with van der Waals surface area (Å²) in [7, 11) is 0. The van der Waals surface area contributed by atoms with Crippen LogP contribution in [0.4, 0.5) is 23.1 Å². The Morgan fingerprint density at radius 3 is 2.44 bits per heavy atom. The van der Waals surface area contributed by atoms with Crippen molar-refractivity contribution in [2.45, 2.75) is 20.8 Å². The molecule has 3 aromatic rings. The molecule has 0 spiro atoms. The van der Waals surface area contributed by atoms with Crippen molar-refractivity contribution in [1.29, 1.82) is 0 Å². The highest BCUT2D eigenvalue weighted by Gasteiger charge is 2.05. The molecule has 1 aromatic heterocycles. The van der Waals surface area contributed by atoms with Crippen LogP contribution in [0.3, 0.4) is 0 Å². The van der Waals surface area contributed by atoms with E-state index < -0.39 is 0 Å². The monoisotopic (exact) mass is 333 g/mol. The molecule has 2 N–H and O–H groups in total. The molecule has 0 aliphatic heterocycles. The predicted octanol–water partition coefficient (Wildman–Crippen LogP) is 4.18. The highest BCUT2D eigenvalue weighted by atomic mass is 16.1. The zero-order valence-electron chi connectivity index (χ0n) is 14.4. The van der Waals surface area contributed by atoms with Gasteiger partial charge in [0.1, 0.15) is 0 Å². The standard InChI is InChI=1S/C19H19N5O/c1-12-7-13(2)9-17(8-12)21-18-11-20-24-19(23-18)22-16-6-4-5-15(10-16)14(3)25/h4-11H,1-3H3,(H2,21,22,23,24). The van der Waals surface area contributed by atoms with Gasteiger partial charge in [-0.3, -0.25) is 4.79 Å². The van der Waals surface area contributed by atoms with Gasteiger partial charge in [-0.25, -0.2) is 0 Å². The summed E-state index contributed by atoms with van der Waals surface area (Å²) >= 11 is 0. The SMILES string of the molecule is CC(=O)c1cccc(Nc2nncc(Nc3cc(C)cc(C)c3)n2)c1. The van der Waals surface area contributed by atoms with Crippen LogP contribution < -0.4 is 10.6 Å². The van der Waals surface area contributed by atoms with Crippen molar-refractivity contribution in [1.82, 2.24) is 15.2 Å². The van der Waals surface area contributed by atoms with Crippen molar-refractivity contribution < 1.29 is 4.79 Å². The van der Waals surface area contributed by atoms with Crippen molar-refractivity contribution >= 4 is 28.9 Å². The molecule has 6 nitrogen and oxygen atoms in total. The minimum Gasteiger partial charge on any atom is -0.339 e. The van der Waals surface area contributed by atoms with Crippen LogP contribution in [0, 0.1) is 13.8 Å². The Morgan fingerprint density at radius 2 is 1.72 bits per heavy atom. The molecular weight excluding hydrogens is 314 g/mol. The smallest absolute Gasteiger partial charge is 0.249 e. The predicted molar refractivity (Wildman–Crippen MR) is 98.8 cm³/mol. The number of nitrogens with one attached hydrogen (secondary N) is 2. The van der Waals surface area contributed by atoms with Crippen molar-refractivity contribution in [3.05, 3.63) is 65.4 Å². The second-order valence-electron chi connectivity index (χ2n) is 5.93. The molecule has 2 aromatic carbocycles. The van der Waals surface area contributed by atoms with Crippen LogP contribution in [0.1, 0.15) is 28.4 Å². The number of Topliss-reactive ketones (excluding diaryl/α,β-unsaturated/α-hetero) is 1. The number of benzene rings is 2. The van der Waals surface area contributed by atoms with Crippen LogP contribution in [0.15, 0.2) is 48.7 Å². The number of carbonyl (C=O) groups excluding carboxylic acids is 1. The third-order valence-corrected chi connectivity index (χ3v) is 3.58. The van der Waals surface area contributed by atoms with Crippen molar-refractivity contribution in [3.8, 4) is 0 Å². The number of nitrogens with zero attached hydrogens (tertiary/aromatic N) is 3. The number of aryl methyl sites for hydroxylation is 2. The van der Waals surface area contributed by atoms with E-state index in [0.29, 0.717) is 17.3 Å². The summed E-state index contributed by atoms with van der Waals surface area (Å²) in [5.41, 5.74) is 4.65. The van der Waals surface area contributed by atoms with E-state index in [1.54, 1.807) is 18.3 Å². The molecule has 0 amide bonds. The quantitative estimate of drug-likeness (QED) is 0.682. The van der Waals surface area contributed by atoms with Gasteiger partial charge >= 0.3 is 0 Å². The Morgan fingerprint density at radius 1 is 0.960 bits per heavy atom. The van der Waals surface area contributed by atoms with Crippen LogP contribution in [0.5, 0.6) is 0 Å². The van der Waals surface area contributed by atoms with Gasteiger partial charge in [0.2, 0.25) is 5.95 Å². The van der Waals surface area contributed by atoms with Gasteiger partial charge in [0.05, 0.1) is 6.20 Å². The number of aromatic nitrogens is 3. The van der Waals surface area contributed by atoms with E-state index in [-0.39, 0.29) is 5.78 Å². The average molecular weight is 333 g/mol. The zero-order valence-corrected chi connectivity index (χ0v) is 14.4. The molecule has 3 rings (SSSR count). The van der Waals surface area contributed by atoms with Gasteiger partial charge in [0, 0.05) is 16.9 Å². The molecule has 0 aliphatic carbocycles. The lowest BCUT2D eigenvalue weighted by atomic mass is 10.1. The fourth-order valence-electron chi connectivity index (χ4n) is 2.56. The summed E-state index contributed by atoms with van der Waals surface area (Å²) in [6.45, 7) is 5.63. The molecule has 0 saturated carbocycles. The minimum atomic E-state index is 0.00734. The van der Waals surface area contributed by atoms with Crippen molar-refractivity contribution in [2.24, 2.45) is 0 Å². The van der Waals surface area contributed by atoms with E-state index in [1.807, 2.05) is 38.1 Å². The van der Waals surface area contributed by atoms with Gasteiger partial charge in [0.25, 0.3) is 0 Å². The number of hydrogen-bond donors (Lipinski definition) is 2. The van der Waals surface area contributed by atoms with Crippen molar-refractivity contribution in [2.75, 3.05) is 10.6 Å². The Hall–Kier alpha value is -3.28. The summed E-state index contributed by atoms with van der Waals surface area (Å²) in [6, 6.07) is 13.4. The van der Waals surface area contributed by atoms with Crippen LogP contribution in [-0.4, -0.2) is 21.0 Å². The maximum atomic E-state index is 11.5. The molecule has 0 unspecified atom stereocenters. The van der Waals surface area contributed by atoms with Gasteiger partial charge < -0.3 is 10.6 Å². The summed E-state index contributed by atoms with van der Waals surface area (Å²) in [5.74, 6) is 0.952. The van der Waals surface area contributed by atoms with Gasteiger partial charge in [-0.05, 0) is 56.2 Å². The van der Waals surface area contributed by atoms with Gasteiger partial charge in [-0.15, -0.1) is 5.10 Å². The lowest BCUT2D eigenvalue weighted by molar-refractivity contribution is 0.101. The first-order valence-electron chi connectivity index (χ1n) is 7.93. The minimum absolute atomic E-state index is 0.00734. The molecule has 6 heteroatoms. The average Bonchev–Trinajstić information content (AvgIpc) is 2.54. The summed E-state index contributed by atoms with van der Waals surface area (Å²) in [4.78, 5) is 15.9. The molecule has 126 valence electrons. The van der Waals surface area contributed by atoms with E-state index in [1.165, 1.54) is 18.1 Å². The van der Waals surface area contributed by atoms with Crippen LogP contribution in [0.25, 0.3) is 0 Å². The second-order valence-corrected chi connectivity index (χ2v) is 5.93. The van der Waals surface area contributed by atoms with E-state index in [4.69, 9.17) is 0 Å². The molecule has 0 atom stereocenters. The van der Waals surface area contributed by atoms with E-state index in [9.17, 15) is 4.79 Å². The lowest BCUT2D eigenvalue weighted by Gasteiger charge is -2.09. The fourth-order valence-corrected chi connectivity index (χ4v) is 2.56. The number of ketones is 1. The molecule has 0 radical (unpaired) electrons. The van der Waals surface area contributed by atoms with Gasteiger partial charge in [-0.1, -0.05) is 18.2 Å². The van der Waals surface area contributed by atoms with E-state index in [0.717, 1.165) is 11.4 Å². The van der Waals surface area contributed by atoms with Crippen LogP contribution in [-0.2, 0) is 0 Å². The number of anilines is 4. The Bertz CT molecular complexity index is 903. The first-order chi connectivity index (χ1) is 12.0. The molecule has 25 heavy (non-hydrogen) atoms. The van der Waals surface area contributed by atoms with Crippen molar-refractivity contribution in [3.63, 3.8) is 0 Å². The van der Waals surface area contributed by atoms with E-state index in [2.05, 4.69) is 31.9 Å². The lowest BCUT2D eigenvalue weighted by Crippen LogP contribution is -2.03. The first-order valence-corrected chi connectivity index (χ1v) is 7.93. The maximum Gasteiger partial charge on any atom is 0.249 e. The van der Waals surface area contributed by atoms with Gasteiger partial charge in [0.15, 0.2) is 11.6 Å².